The van der Waals surface area contributed by atoms with Gasteiger partial charge in [0.25, 0.3) is 5.69 Å². The second-order valence-electron chi connectivity index (χ2n) is 5.40. The van der Waals surface area contributed by atoms with Crippen LogP contribution in [0.1, 0.15) is 0 Å². The summed E-state index contributed by atoms with van der Waals surface area (Å²) in [5.74, 6) is 0. The minimum absolute atomic E-state index is 0.0596. The molecule has 0 radical (unpaired) electrons. The topological polar surface area (TPSA) is 69.2 Å². The van der Waals surface area contributed by atoms with Crippen molar-refractivity contribution >= 4 is 28.4 Å². The van der Waals surface area contributed by atoms with Crippen molar-refractivity contribution in [2.75, 3.05) is 0 Å². The van der Waals surface area contributed by atoms with Crippen LogP contribution in [0.2, 0.25) is 0 Å². The highest BCUT2D eigenvalue weighted by atomic mass is 32.2. The van der Waals surface area contributed by atoms with E-state index in [1.54, 1.807) is 42.6 Å². The van der Waals surface area contributed by atoms with E-state index in [1.165, 1.54) is 6.07 Å². The van der Waals surface area contributed by atoms with Crippen LogP contribution in [-0.2, 0) is 0 Å². The zero-order chi connectivity index (χ0) is 17.2. The number of hydrogen-bond acceptors (Lipinski definition) is 5. The van der Waals surface area contributed by atoms with Crippen molar-refractivity contribution < 1.29 is 9.34 Å². The third-order valence-electron chi connectivity index (χ3n) is 3.78. The van der Waals surface area contributed by atoms with Gasteiger partial charge in [-0.2, -0.15) is 0 Å². The molecular formula is C19H12N2O3S. The summed E-state index contributed by atoms with van der Waals surface area (Å²) < 4.78 is 5.62. The fourth-order valence-corrected chi connectivity index (χ4v) is 3.55. The quantitative estimate of drug-likeness (QED) is 0.357. The maximum atomic E-state index is 11.1. The summed E-state index contributed by atoms with van der Waals surface area (Å²) >= 11 is 1.61. The highest BCUT2D eigenvalue weighted by Gasteiger charge is 2.13. The summed E-state index contributed by atoms with van der Waals surface area (Å²) in [7, 11) is 0. The molecule has 2 heterocycles. The van der Waals surface area contributed by atoms with E-state index >= 15 is 0 Å². The molecule has 0 fully saturated rings. The number of nitro benzene ring substituents is 1. The third kappa shape index (κ3) is 3.12. The molecule has 0 aliphatic rings. The lowest BCUT2D eigenvalue weighted by Crippen LogP contribution is -1.88. The Morgan fingerprint density at radius 3 is 2.64 bits per heavy atom. The Balaban J connectivity index is 1.84. The van der Waals surface area contributed by atoms with Crippen molar-refractivity contribution in [1.29, 1.82) is 0 Å². The highest BCUT2D eigenvalue weighted by molar-refractivity contribution is 7.99. The van der Waals surface area contributed by atoms with E-state index in [0.29, 0.717) is 0 Å². The Morgan fingerprint density at radius 2 is 1.84 bits per heavy atom. The lowest BCUT2D eigenvalue weighted by atomic mass is 10.0. The third-order valence-corrected chi connectivity index (χ3v) is 4.76. The van der Waals surface area contributed by atoms with E-state index in [1.807, 2.05) is 36.4 Å². The SMILES string of the molecule is O=[N+]([O-])c1cccc(-c2cc(Sc3ccncc3)cc3ccoc23)c1. The summed E-state index contributed by atoms with van der Waals surface area (Å²) in [6, 6.07) is 16.4. The van der Waals surface area contributed by atoms with Gasteiger partial charge in [0.15, 0.2) is 0 Å². The zero-order valence-corrected chi connectivity index (χ0v) is 13.8. The molecule has 0 atom stereocenters. The Hall–Kier alpha value is -3.12. The smallest absolute Gasteiger partial charge is 0.270 e. The molecule has 0 aliphatic heterocycles. The van der Waals surface area contributed by atoms with E-state index in [0.717, 1.165) is 31.9 Å². The van der Waals surface area contributed by atoms with E-state index in [2.05, 4.69) is 4.98 Å². The molecular weight excluding hydrogens is 336 g/mol. The molecule has 4 rings (SSSR count). The number of nitrogens with zero attached hydrogens (tertiary/aromatic N) is 2. The first-order chi connectivity index (χ1) is 12.2. The van der Waals surface area contributed by atoms with E-state index in [4.69, 9.17) is 4.42 Å². The molecule has 0 saturated carbocycles. The fourth-order valence-electron chi connectivity index (χ4n) is 2.66. The van der Waals surface area contributed by atoms with Crippen LogP contribution >= 0.6 is 11.8 Å². The lowest BCUT2D eigenvalue weighted by Gasteiger charge is -2.07. The van der Waals surface area contributed by atoms with Gasteiger partial charge < -0.3 is 4.42 Å². The van der Waals surface area contributed by atoms with Gasteiger partial charge in [-0.1, -0.05) is 23.9 Å². The normalized spacial score (nSPS) is 10.9. The molecule has 25 heavy (non-hydrogen) atoms. The van der Waals surface area contributed by atoms with Gasteiger partial charge in [-0.15, -0.1) is 0 Å². The molecule has 0 bridgehead atoms. The molecule has 0 N–H and O–H groups in total. The van der Waals surface area contributed by atoms with Crippen LogP contribution in [0, 0.1) is 10.1 Å². The van der Waals surface area contributed by atoms with Crippen molar-refractivity contribution in [2.45, 2.75) is 9.79 Å². The number of rotatable bonds is 4. The summed E-state index contributed by atoms with van der Waals surface area (Å²) in [6.45, 7) is 0. The van der Waals surface area contributed by atoms with Crippen LogP contribution in [0.5, 0.6) is 0 Å². The first-order valence-corrected chi connectivity index (χ1v) is 8.36. The Morgan fingerprint density at radius 1 is 1.00 bits per heavy atom. The van der Waals surface area contributed by atoms with E-state index < -0.39 is 4.92 Å². The number of non-ortho nitro benzene ring substituents is 1. The Kier molecular flexibility index (Phi) is 3.95. The number of fused-ring (bicyclic) bond motifs is 1. The average Bonchev–Trinajstić information content (AvgIpc) is 3.10. The number of benzene rings is 2. The molecule has 2 aromatic carbocycles. The van der Waals surface area contributed by atoms with Crippen molar-refractivity contribution in [3.05, 3.63) is 83.4 Å². The van der Waals surface area contributed by atoms with Crippen molar-refractivity contribution in [3.63, 3.8) is 0 Å². The second-order valence-corrected chi connectivity index (χ2v) is 6.55. The monoisotopic (exact) mass is 348 g/mol. The van der Waals surface area contributed by atoms with Gasteiger partial charge in [0, 0.05) is 45.3 Å². The van der Waals surface area contributed by atoms with Gasteiger partial charge in [0.05, 0.1) is 11.2 Å². The Labute approximate surface area is 147 Å². The van der Waals surface area contributed by atoms with Crippen LogP contribution in [0.15, 0.2) is 87.5 Å². The van der Waals surface area contributed by atoms with Crippen LogP contribution in [0.3, 0.4) is 0 Å². The minimum atomic E-state index is -0.390. The van der Waals surface area contributed by atoms with Crippen molar-refractivity contribution in [1.82, 2.24) is 4.98 Å². The average molecular weight is 348 g/mol. The van der Waals surface area contributed by atoms with Crippen LogP contribution in [0.4, 0.5) is 5.69 Å². The first-order valence-electron chi connectivity index (χ1n) is 7.55. The van der Waals surface area contributed by atoms with Gasteiger partial charge in [-0.05, 0) is 35.9 Å². The van der Waals surface area contributed by atoms with Crippen molar-refractivity contribution in [2.24, 2.45) is 0 Å². The van der Waals surface area contributed by atoms with Crippen LogP contribution in [0.25, 0.3) is 22.1 Å². The summed E-state index contributed by atoms with van der Waals surface area (Å²) in [5.41, 5.74) is 2.37. The van der Waals surface area contributed by atoms with E-state index in [-0.39, 0.29) is 5.69 Å². The second kappa shape index (κ2) is 6.41. The van der Waals surface area contributed by atoms with Crippen LogP contribution in [-0.4, -0.2) is 9.91 Å². The van der Waals surface area contributed by atoms with Crippen LogP contribution < -0.4 is 0 Å². The largest absolute Gasteiger partial charge is 0.464 e. The lowest BCUT2D eigenvalue weighted by molar-refractivity contribution is -0.384. The first kappa shape index (κ1) is 15.4. The minimum Gasteiger partial charge on any atom is -0.464 e. The predicted octanol–water partition coefficient (Wildman–Crippen LogP) is 5.55. The number of furan rings is 1. The number of pyridine rings is 1. The predicted molar refractivity (Wildman–Crippen MR) is 96.7 cm³/mol. The summed E-state index contributed by atoms with van der Waals surface area (Å²) in [6.07, 6.45) is 5.13. The fraction of sp³-hybridized carbons (Fsp3) is 0. The number of aromatic nitrogens is 1. The van der Waals surface area contributed by atoms with Gasteiger partial charge in [-0.3, -0.25) is 15.1 Å². The van der Waals surface area contributed by atoms with Gasteiger partial charge in [0.1, 0.15) is 5.58 Å². The molecule has 6 heteroatoms. The molecule has 0 unspecified atom stereocenters. The molecule has 0 spiro atoms. The number of hydrogen-bond donors (Lipinski definition) is 0. The van der Waals surface area contributed by atoms with Crippen molar-refractivity contribution in [3.8, 4) is 11.1 Å². The van der Waals surface area contributed by atoms with Gasteiger partial charge >= 0.3 is 0 Å². The maximum Gasteiger partial charge on any atom is 0.270 e. The molecule has 0 saturated heterocycles. The molecule has 5 nitrogen and oxygen atoms in total. The molecule has 0 aliphatic carbocycles. The highest BCUT2D eigenvalue weighted by Crippen LogP contribution is 2.37. The summed E-state index contributed by atoms with van der Waals surface area (Å²) in [4.78, 5) is 16.8. The zero-order valence-electron chi connectivity index (χ0n) is 13.0. The van der Waals surface area contributed by atoms with Gasteiger partial charge in [0.2, 0.25) is 0 Å². The molecule has 0 amide bonds. The van der Waals surface area contributed by atoms with Gasteiger partial charge in [-0.25, -0.2) is 0 Å². The molecule has 122 valence electrons. The standard InChI is InChI=1S/C19H12N2O3S/c22-21(23)15-3-1-2-13(10-15)18-12-17(11-14-6-9-24-19(14)18)25-16-4-7-20-8-5-16/h1-12H. The summed E-state index contributed by atoms with van der Waals surface area (Å²) in [5, 5.41) is 12.0. The Bertz CT molecular complexity index is 1060. The number of nitro groups is 1. The molecule has 2 aromatic heterocycles. The maximum absolute atomic E-state index is 11.1. The molecule has 4 aromatic rings. The van der Waals surface area contributed by atoms with E-state index in [9.17, 15) is 10.1 Å².